The van der Waals surface area contributed by atoms with Gasteiger partial charge in [-0.25, -0.2) is 4.39 Å². The molecule has 0 saturated heterocycles. The Morgan fingerprint density at radius 3 is 2.29 bits per heavy atom. The van der Waals surface area contributed by atoms with Gasteiger partial charge in [-0.05, 0) is 36.7 Å². The van der Waals surface area contributed by atoms with Gasteiger partial charge in [-0.1, -0.05) is 42.5 Å². The monoisotopic (exact) mass is 229 g/mol. The molecule has 0 radical (unpaired) electrons. The van der Waals surface area contributed by atoms with Gasteiger partial charge in [0.2, 0.25) is 0 Å². The number of hydrogen-bond donors (Lipinski definition) is 1. The number of hydrogen-bond acceptors (Lipinski definition) is 1. The first kappa shape index (κ1) is 11.8. The molecule has 2 rings (SSSR count). The van der Waals surface area contributed by atoms with E-state index in [0.717, 1.165) is 5.56 Å². The van der Waals surface area contributed by atoms with Gasteiger partial charge in [-0.3, -0.25) is 0 Å². The summed E-state index contributed by atoms with van der Waals surface area (Å²) in [5.74, 6) is -0.156. The molecule has 1 N–H and O–H groups in total. The van der Waals surface area contributed by atoms with Crippen LogP contribution in [0, 0.1) is 12.7 Å². The van der Waals surface area contributed by atoms with Crippen LogP contribution in [0.15, 0.2) is 48.5 Å². The molecule has 0 aliphatic rings. The predicted octanol–water partition coefficient (Wildman–Crippen LogP) is 3.44. The minimum atomic E-state index is -0.156. The van der Waals surface area contributed by atoms with Crippen molar-refractivity contribution in [2.45, 2.75) is 13.0 Å². The molecular formula is C15H16FN. The summed E-state index contributed by atoms with van der Waals surface area (Å²) >= 11 is 0. The third-order valence-corrected chi connectivity index (χ3v) is 2.94. The Kier molecular flexibility index (Phi) is 3.55. The maximum Gasteiger partial charge on any atom is 0.126 e. The van der Waals surface area contributed by atoms with Gasteiger partial charge in [0, 0.05) is 0 Å². The van der Waals surface area contributed by atoms with Crippen LogP contribution in [0.25, 0.3) is 0 Å². The van der Waals surface area contributed by atoms with Crippen LogP contribution in [0.3, 0.4) is 0 Å². The number of rotatable bonds is 3. The molecule has 0 aliphatic heterocycles. The molecule has 0 heterocycles. The minimum absolute atomic E-state index is 0.107. The van der Waals surface area contributed by atoms with Crippen molar-refractivity contribution < 1.29 is 4.39 Å². The molecule has 0 aromatic heterocycles. The Hall–Kier alpha value is -1.67. The third-order valence-electron chi connectivity index (χ3n) is 2.94. The fourth-order valence-corrected chi connectivity index (χ4v) is 2.02. The van der Waals surface area contributed by atoms with Crippen LogP contribution in [-0.4, -0.2) is 7.05 Å². The van der Waals surface area contributed by atoms with Gasteiger partial charge in [0.05, 0.1) is 6.04 Å². The van der Waals surface area contributed by atoms with Crippen LogP contribution in [0.5, 0.6) is 0 Å². The Bertz CT molecular complexity index is 494. The molecule has 0 aliphatic carbocycles. The van der Waals surface area contributed by atoms with Gasteiger partial charge in [0.25, 0.3) is 0 Å². The molecule has 1 unspecified atom stereocenters. The van der Waals surface area contributed by atoms with Gasteiger partial charge in [0.15, 0.2) is 0 Å². The lowest BCUT2D eigenvalue weighted by Gasteiger charge is -2.17. The number of halogens is 1. The van der Waals surface area contributed by atoms with Crippen LogP contribution < -0.4 is 5.32 Å². The molecule has 1 nitrogen and oxygen atoms in total. The highest BCUT2D eigenvalue weighted by atomic mass is 19.1. The first-order valence-electron chi connectivity index (χ1n) is 5.70. The molecular weight excluding hydrogens is 213 g/mol. The molecule has 2 aromatic carbocycles. The SMILES string of the molecule is CNC(c1ccccc1)c1ccc(F)c(C)c1. The lowest BCUT2D eigenvalue weighted by molar-refractivity contribution is 0.614. The van der Waals surface area contributed by atoms with E-state index in [-0.39, 0.29) is 11.9 Å². The summed E-state index contributed by atoms with van der Waals surface area (Å²) in [7, 11) is 1.91. The summed E-state index contributed by atoms with van der Waals surface area (Å²) in [4.78, 5) is 0. The van der Waals surface area contributed by atoms with Gasteiger partial charge >= 0.3 is 0 Å². The Balaban J connectivity index is 2.39. The second-order valence-electron chi connectivity index (χ2n) is 4.14. The van der Waals surface area contributed by atoms with Crippen molar-refractivity contribution in [3.8, 4) is 0 Å². The third kappa shape index (κ3) is 2.53. The fourth-order valence-electron chi connectivity index (χ4n) is 2.02. The van der Waals surface area contributed by atoms with Crippen LogP contribution in [-0.2, 0) is 0 Å². The Labute approximate surface area is 101 Å². The summed E-state index contributed by atoms with van der Waals surface area (Å²) < 4.78 is 13.2. The van der Waals surface area contributed by atoms with E-state index >= 15 is 0 Å². The average Bonchev–Trinajstić information content (AvgIpc) is 2.36. The lowest BCUT2D eigenvalue weighted by atomic mass is 9.97. The summed E-state index contributed by atoms with van der Waals surface area (Å²) in [6, 6.07) is 15.5. The first-order chi connectivity index (χ1) is 8.22. The standard InChI is InChI=1S/C15H16FN/c1-11-10-13(8-9-14(11)16)15(17-2)12-6-4-3-5-7-12/h3-10,15,17H,1-2H3. The van der Waals surface area contributed by atoms with Crippen molar-refractivity contribution >= 4 is 0 Å². The Morgan fingerprint density at radius 2 is 1.71 bits per heavy atom. The number of aryl methyl sites for hydroxylation is 1. The normalized spacial score (nSPS) is 12.4. The van der Waals surface area contributed by atoms with Crippen LogP contribution in [0.1, 0.15) is 22.7 Å². The van der Waals surface area contributed by atoms with E-state index in [0.29, 0.717) is 5.56 Å². The van der Waals surface area contributed by atoms with Gasteiger partial charge in [-0.2, -0.15) is 0 Å². The van der Waals surface area contributed by atoms with Crippen molar-refractivity contribution in [3.63, 3.8) is 0 Å². The quantitative estimate of drug-likeness (QED) is 0.850. The van der Waals surface area contributed by atoms with Crippen molar-refractivity contribution in [1.82, 2.24) is 5.32 Å². The van der Waals surface area contributed by atoms with Gasteiger partial charge < -0.3 is 5.32 Å². The smallest absolute Gasteiger partial charge is 0.126 e. The average molecular weight is 229 g/mol. The Morgan fingerprint density at radius 1 is 1.00 bits per heavy atom. The van der Waals surface area contributed by atoms with E-state index < -0.39 is 0 Å². The predicted molar refractivity (Wildman–Crippen MR) is 68.5 cm³/mol. The van der Waals surface area contributed by atoms with Crippen molar-refractivity contribution in [3.05, 3.63) is 71.0 Å². The second kappa shape index (κ2) is 5.11. The summed E-state index contributed by atoms with van der Waals surface area (Å²) in [5, 5.41) is 3.26. The van der Waals surface area contributed by atoms with Crippen LogP contribution >= 0.6 is 0 Å². The minimum Gasteiger partial charge on any atom is -0.309 e. The molecule has 0 fully saturated rings. The molecule has 88 valence electrons. The van der Waals surface area contributed by atoms with E-state index in [4.69, 9.17) is 0 Å². The maximum atomic E-state index is 13.2. The zero-order chi connectivity index (χ0) is 12.3. The van der Waals surface area contributed by atoms with E-state index in [1.165, 1.54) is 11.6 Å². The second-order valence-corrected chi connectivity index (χ2v) is 4.14. The highest BCUT2D eigenvalue weighted by Crippen LogP contribution is 2.23. The molecule has 17 heavy (non-hydrogen) atoms. The van der Waals surface area contributed by atoms with Crippen LogP contribution in [0.2, 0.25) is 0 Å². The largest absolute Gasteiger partial charge is 0.309 e. The van der Waals surface area contributed by atoms with Crippen molar-refractivity contribution in [1.29, 1.82) is 0 Å². The number of benzene rings is 2. The molecule has 1 atom stereocenters. The van der Waals surface area contributed by atoms with Crippen molar-refractivity contribution in [2.24, 2.45) is 0 Å². The summed E-state index contributed by atoms with van der Waals surface area (Å²) in [6.45, 7) is 1.79. The van der Waals surface area contributed by atoms with Crippen molar-refractivity contribution in [2.75, 3.05) is 7.05 Å². The maximum absolute atomic E-state index is 13.2. The fraction of sp³-hybridized carbons (Fsp3) is 0.200. The first-order valence-corrected chi connectivity index (χ1v) is 5.70. The lowest BCUT2D eigenvalue weighted by Crippen LogP contribution is -2.17. The topological polar surface area (TPSA) is 12.0 Å². The molecule has 0 spiro atoms. The van der Waals surface area contributed by atoms with E-state index in [1.807, 2.05) is 37.4 Å². The van der Waals surface area contributed by atoms with Gasteiger partial charge in [0.1, 0.15) is 5.82 Å². The zero-order valence-electron chi connectivity index (χ0n) is 10.1. The number of nitrogens with one attached hydrogen (secondary N) is 1. The summed E-state index contributed by atoms with van der Waals surface area (Å²) in [6.07, 6.45) is 0. The highest BCUT2D eigenvalue weighted by molar-refractivity contribution is 5.34. The molecule has 0 amide bonds. The highest BCUT2D eigenvalue weighted by Gasteiger charge is 2.12. The van der Waals surface area contributed by atoms with Crippen LogP contribution in [0.4, 0.5) is 4.39 Å². The molecule has 0 saturated carbocycles. The zero-order valence-corrected chi connectivity index (χ0v) is 10.1. The van der Waals surface area contributed by atoms with E-state index in [2.05, 4.69) is 17.4 Å². The molecule has 0 bridgehead atoms. The van der Waals surface area contributed by atoms with Gasteiger partial charge in [-0.15, -0.1) is 0 Å². The molecule has 2 aromatic rings. The molecule has 2 heteroatoms. The van der Waals surface area contributed by atoms with E-state index in [9.17, 15) is 4.39 Å². The summed E-state index contributed by atoms with van der Waals surface area (Å²) in [5.41, 5.74) is 2.94. The van der Waals surface area contributed by atoms with E-state index in [1.54, 1.807) is 6.92 Å².